The molecule has 0 N–H and O–H groups in total. The number of rotatable bonds is 4. The Morgan fingerprint density at radius 2 is 2.00 bits per heavy atom. The molecule has 24 heavy (non-hydrogen) atoms. The number of hydrogen-bond donors (Lipinski definition) is 0. The first-order chi connectivity index (χ1) is 11.4. The van der Waals surface area contributed by atoms with Crippen molar-refractivity contribution in [1.82, 2.24) is 0 Å². The molecule has 4 aliphatic rings. The van der Waals surface area contributed by atoms with Gasteiger partial charge >= 0.3 is 11.9 Å². The van der Waals surface area contributed by atoms with Gasteiger partial charge in [-0.05, 0) is 31.1 Å². The van der Waals surface area contributed by atoms with Crippen LogP contribution in [0, 0.1) is 11.8 Å². The van der Waals surface area contributed by atoms with Crippen molar-refractivity contribution in [3.8, 4) is 0 Å². The van der Waals surface area contributed by atoms with Gasteiger partial charge in [-0.2, -0.15) is 0 Å². The number of carbonyl (C=O) groups is 2. The van der Waals surface area contributed by atoms with E-state index in [9.17, 15) is 9.59 Å². The van der Waals surface area contributed by atoms with Crippen LogP contribution in [-0.4, -0.2) is 41.6 Å². The second-order valence-corrected chi connectivity index (χ2v) is 7.59. The van der Waals surface area contributed by atoms with Gasteiger partial charge in [-0.1, -0.05) is 6.08 Å². The zero-order valence-corrected chi connectivity index (χ0v) is 14.2. The quantitative estimate of drug-likeness (QED) is 0.445. The van der Waals surface area contributed by atoms with Crippen LogP contribution >= 0.6 is 0 Å². The van der Waals surface area contributed by atoms with Crippen molar-refractivity contribution in [3.05, 3.63) is 12.7 Å². The van der Waals surface area contributed by atoms with E-state index >= 15 is 0 Å². The molecule has 0 aromatic heterocycles. The molecule has 0 radical (unpaired) electrons. The molecule has 0 aromatic rings. The van der Waals surface area contributed by atoms with Crippen LogP contribution in [0.5, 0.6) is 0 Å². The van der Waals surface area contributed by atoms with Crippen molar-refractivity contribution in [2.75, 3.05) is 0 Å². The van der Waals surface area contributed by atoms with E-state index in [1.807, 2.05) is 6.08 Å². The molecule has 0 aromatic carbocycles. The number of epoxide rings is 1. The number of ether oxygens (including phenoxy) is 4. The fraction of sp³-hybridized carbons (Fsp3) is 0.778. The number of hydrogen-bond acceptors (Lipinski definition) is 6. The van der Waals surface area contributed by atoms with E-state index in [1.54, 1.807) is 0 Å². The topological polar surface area (TPSA) is 74.4 Å². The summed E-state index contributed by atoms with van der Waals surface area (Å²) in [4.78, 5) is 23.3. The van der Waals surface area contributed by atoms with E-state index in [1.165, 1.54) is 13.8 Å². The monoisotopic (exact) mass is 336 g/mol. The maximum Gasteiger partial charge on any atom is 0.304 e. The Labute approximate surface area is 141 Å². The van der Waals surface area contributed by atoms with Crippen LogP contribution < -0.4 is 0 Å². The zero-order chi connectivity index (χ0) is 17.1. The SMILES string of the molecule is C=CC[C@@H]1C[C@@]2(OC(C)=O)C[C@H](OC(C)=O)O[C@@]23C[C@H]2O[C@H]2C[C@H]13. The standard InChI is InChI=1S/C18H24O6/c1-4-5-12-7-17(23-11(3)20)9-16(21-10(2)19)24-18(17)8-15-14(22-15)6-13(12)18/h4,12-16H,1,5-9H2,2-3H3/t12-,13-,14+,15-,16-,17-,18-/m1/s1. The van der Waals surface area contributed by atoms with Gasteiger partial charge in [-0.3, -0.25) is 9.59 Å². The molecule has 4 fully saturated rings. The summed E-state index contributed by atoms with van der Waals surface area (Å²) < 4.78 is 23.3. The molecule has 7 atom stereocenters. The average Bonchev–Trinajstić information content (AvgIpc) is 3.09. The summed E-state index contributed by atoms with van der Waals surface area (Å²) in [5, 5.41) is 0. The summed E-state index contributed by atoms with van der Waals surface area (Å²) in [6, 6.07) is 0. The molecule has 2 saturated carbocycles. The summed E-state index contributed by atoms with van der Waals surface area (Å²) in [5.41, 5.74) is -1.36. The van der Waals surface area contributed by atoms with Crippen molar-refractivity contribution >= 4 is 11.9 Å². The Bertz CT molecular complexity index is 588. The summed E-state index contributed by atoms with van der Waals surface area (Å²) in [5.74, 6) is -0.146. The van der Waals surface area contributed by atoms with Gasteiger partial charge < -0.3 is 18.9 Å². The highest BCUT2D eigenvalue weighted by atomic mass is 16.7. The molecule has 2 saturated heterocycles. The van der Waals surface area contributed by atoms with E-state index in [0.717, 1.165) is 19.3 Å². The molecule has 4 rings (SSSR count). The van der Waals surface area contributed by atoms with Crippen molar-refractivity contribution in [2.45, 2.75) is 75.7 Å². The molecular formula is C18H24O6. The fourth-order valence-corrected chi connectivity index (χ4v) is 5.49. The first-order valence-electron chi connectivity index (χ1n) is 8.70. The highest BCUT2D eigenvalue weighted by Crippen LogP contribution is 2.66. The lowest BCUT2D eigenvalue weighted by Gasteiger charge is -2.43. The van der Waals surface area contributed by atoms with E-state index in [2.05, 4.69) is 6.58 Å². The number of fused-ring (bicyclic) bond motifs is 1. The minimum Gasteiger partial charge on any atom is -0.456 e. The number of allylic oxidation sites excluding steroid dienone is 1. The largest absolute Gasteiger partial charge is 0.456 e. The van der Waals surface area contributed by atoms with Gasteiger partial charge in [0.15, 0.2) is 0 Å². The van der Waals surface area contributed by atoms with Gasteiger partial charge in [0.05, 0.1) is 18.6 Å². The van der Waals surface area contributed by atoms with Crippen LogP contribution in [0.25, 0.3) is 0 Å². The second kappa shape index (κ2) is 5.30. The first-order valence-corrected chi connectivity index (χ1v) is 8.70. The normalized spacial score (nSPS) is 48.0. The van der Waals surface area contributed by atoms with Gasteiger partial charge in [0.1, 0.15) is 11.2 Å². The summed E-state index contributed by atoms with van der Waals surface area (Å²) in [7, 11) is 0. The summed E-state index contributed by atoms with van der Waals surface area (Å²) in [6.45, 7) is 6.67. The summed E-state index contributed by atoms with van der Waals surface area (Å²) >= 11 is 0. The van der Waals surface area contributed by atoms with Crippen molar-refractivity contribution in [3.63, 3.8) is 0 Å². The molecule has 6 heteroatoms. The maximum atomic E-state index is 11.9. The Hall–Kier alpha value is -1.40. The maximum absolute atomic E-state index is 11.9. The van der Waals surface area contributed by atoms with Crippen LogP contribution in [0.2, 0.25) is 0 Å². The fourth-order valence-electron chi connectivity index (χ4n) is 5.49. The van der Waals surface area contributed by atoms with E-state index in [-0.39, 0.29) is 30.1 Å². The molecule has 0 bridgehead atoms. The van der Waals surface area contributed by atoms with Gasteiger partial charge in [0.25, 0.3) is 0 Å². The first kappa shape index (κ1) is 16.1. The van der Waals surface area contributed by atoms with E-state index in [4.69, 9.17) is 18.9 Å². The Balaban J connectivity index is 1.71. The van der Waals surface area contributed by atoms with E-state index < -0.39 is 17.5 Å². The Morgan fingerprint density at radius 1 is 1.21 bits per heavy atom. The second-order valence-electron chi connectivity index (χ2n) is 7.59. The van der Waals surface area contributed by atoms with Gasteiger partial charge in [-0.15, -0.1) is 6.58 Å². The number of carbonyl (C=O) groups excluding carboxylic acids is 2. The lowest BCUT2D eigenvalue weighted by Crippen LogP contribution is -2.55. The van der Waals surface area contributed by atoms with Gasteiger partial charge in [-0.25, -0.2) is 0 Å². The molecule has 1 spiro atoms. The number of esters is 2. The van der Waals surface area contributed by atoms with Crippen LogP contribution in [0.3, 0.4) is 0 Å². The van der Waals surface area contributed by atoms with Crippen LogP contribution in [0.15, 0.2) is 12.7 Å². The van der Waals surface area contributed by atoms with Crippen LogP contribution in [-0.2, 0) is 28.5 Å². The van der Waals surface area contributed by atoms with Crippen molar-refractivity contribution < 1.29 is 28.5 Å². The Morgan fingerprint density at radius 3 is 2.67 bits per heavy atom. The average molecular weight is 336 g/mol. The van der Waals surface area contributed by atoms with E-state index in [0.29, 0.717) is 18.8 Å². The molecule has 2 aliphatic heterocycles. The molecule has 0 amide bonds. The summed E-state index contributed by atoms with van der Waals surface area (Å²) in [6.07, 6.45) is 5.28. The smallest absolute Gasteiger partial charge is 0.304 e. The predicted molar refractivity (Wildman–Crippen MR) is 82.8 cm³/mol. The highest BCUT2D eigenvalue weighted by Gasteiger charge is 2.76. The lowest BCUT2D eigenvalue weighted by atomic mass is 9.70. The lowest BCUT2D eigenvalue weighted by molar-refractivity contribution is -0.214. The highest BCUT2D eigenvalue weighted by molar-refractivity contribution is 5.67. The minimum atomic E-state index is -0.742. The Kier molecular flexibility index (Phi) is 3.55. The molecule has 2 heterocycles. The van der Waals surface area contributed by atoms with Crippen LogP contribution in [0.4, 0.5) is 0 Å². The third-order valence-electron chi connectivity index (χ3n) is 6.15. The predicted octanol–water partition coefficient (Wildman–Crippen LogP) is 2.11. The van der Waals surface area contributed by atoms with Crippen LogP contribution in [0.1, 0.15) is 46.0 Å². The minimum absolute atomic E-state index is 0.162. The zero-order valence-electron chi connectivity index (χ0n) is 14.2. The van der Waals surface area contributed by atoms with Gasteiger partial charge in [0.2, 0.25) is 6.29 Å². The third kappa shape index (κ3) is 2.23. The third-order valence-corrected chi connectivity index (χ3v) is 6.15. The van der Waals surface area contributed by atoms with Crippen molar-refractivity contribution in [2.24, 2.45) is 11.8 Å². The molecule has 6 nitrogen and oxygen atoms in total. The molecule has 0 unspecified atom stereocenters. The molecule has 2 aliphatic carbocycles. The molecule has 132 valence electrons. The van der Waals surface area contributed by atoms with Gasteiger partial charge in [0, 0.05) is 20.3 Å². The molecular weight excluding hydrogens is 312 g/mol. The van der Waals surface area contributed by atoms with Crippen molar-refractivity contribution in [1.29, 1.82) is 0 Å².